The molecule has 0 unspecified atom stereocenters. The maximum Gasteiger partial charge on any atom is 0.00988 e. The van der Waals surface area contributed by atoms with Gasteiger partial charge >= 0.3 is 0 Å². The van der Waals surface area contributed by atoms with E-state index in [1.165, 1.54) is 32.1 Å². The van der Waals surface area contributed by atoms with Crippen LogP contribution in [0.2, 0.25) is 0 Å². The van der Waals surface area contributed by atoms with E-state index >= 15 is 0 Å². The Morgan fingerprint density at radius 2 is 1.82 bits per heavy atom. The molecule has 92 valence electrons. The zero-order chi connectivity index (χ0) is 12.6. The van der Waals surface area contributed by atoms with E-state index in [-0.39, 0.29) is 0 Å². The number of hydrogen-bond donors (Lipinski definition) is 0. The average Bonchev–Trinajstić information content (AvgIpc) is 2.35. The Kier molecular flexibility index (Phi) is 13.4. The molecule has 0 heterocycles. The zero-order valence-electron chi connectivity index (χ0n) is 11.1. The third-order valence-electron chi connectivity index (χ3n) is 2.36. The second-order valence-electron chi connectivity index (χ2n) is 4.00. The van der Waals surface area contributed by atoms with Crippen molar-refractivity contribution in [2.24, 2.45) is 0 Å². The fraction of sp³-hybridized carbons (Fsp3) is 0.529. The van der Waals surface area contributed by atoms with Gasteiger partial charge in [0.05, 0.1) is 0 Å². The van der Waals surface area contributed by atoms with E-state index in [2.05, 4.69) is 43.3 Å². The number of allylic oxidation sites excluding steroid dienone is 3. The van der Waals surface area contributed by atoms with E-state index < -0.39 is 0 Å². The van der Waals surface area contributed by atoms with Gasteiger partial charge in [-0.25, -0.2) is 0 Å². The molecule has 0 aromatic heterocycles. The van der Waals surface area contributed by atoms with Crippen LogP contribution in [0.15, 0.2) is 24.8 Å². The Morgan fingerprint density at radius 3 is 2.59 bits per heavy atom. The highest BCUT2D eigenvalue weighted by atomic mass is 13.9. The molecule has 0 nitrogen and oxygen atoms in total. The lowest BCUT2D eigenvalue weighted by molar-refractivity contribution is 0.696. The largest absolute Gasteiger partial charge is 0.103 e. The number of hydrogen-bond acceptors (Lipinski definition) is 0. The highest BCUT2D eigenvalue weighted by Crippen LogP contribution is 2.03. The van der Waals surface area contributed by atoms with E-state index in [1.54, 1.807) is 0 Å². The lowest BCUT2D eigenvalue weighted by Gasteiger charge is -1.93. The van der Waals surface area contributed by atoms with Crippen LogP contribution in [0.3, 0.4) is 0 Å². The Bertz CT molecular complexity index is 311. The number of rotatable bonds is 8. The Hall–Kier alpha value is -1.40. The molecule has 0 aromatic rings. The van der Waals surface area contributed by atoms with Crippen molar-refractivity contribution in [3.8, 4) is 23.7 Å². The molecular formula is C17H24. The van der Waals surface area contributed by atoms with Gasteiger partial charge in [0.2, 0.25) is 0 Å². The maximum absolute atomic E-state index is 3.71. The van der Waals surface area contributed by atoms with Crippen molar-refractivity contribution in [1.29, 1.82) is 0 Å². The minimum Gasteiger partial charge on any atom is -0.103 e. The van der Waals surface area contributed by atoms with Crippen LogP contribution in [0.4, 0.5) is 0 Å². The van der Waals surface area contributed by atoms with Crippen LogP contribution in [-0.2, 0) is 0 Å². The van der Waals surface area contributed by atoms with Gasteiger partial charge < -0.3 is 0 Å². The van der Waals surface area contributed by atoms with Gasteiger partial charge in [-0.3, -0.25) is 0 Å². The molecule has 0 saturated heterocycles. The van der Waals surface area contributed by atoms with E-state index in [4.69, 9.17) is 0 Å². The van der Waals surface area contributed by atoms with Gasteiger partial charge in [0.15, 0.2) is 0 Å². The summed E-state index contributed by atoms with van der Waals surface area (Å²) in [4.78, 5) is 0. The molecule has 0 bridgehead atoms. The molecule has 0 aromatic carbocycles. The fourth-order valence-electron chi connectivity index (χ4n) is 1.32. The molecule has 0 spiro atoms. The van der Waals surface area contributed by atoms with E-state index in [9.17, 15) is 0 Å². The van der Waals surface area contributed by atoms with Crippen LogP contribution < -0.4 is 0 Å². The Morgan fingerprint density at radius 1 is 1.00 bits per heavy atom. The first-order valence-electron chi connectivity index (χ1n) is 6.66. The molecule has 0 aliphatic heterocycles. The average molecular weight is 228 g/mol. The van der Waals surface area contributed by atoms with Gasteiger partial charge in [-0.05, 0) is 50.0 Å². The molecule has 0 radical (unpaired) electrons. The van der Waals surface area contributed by atoms with Crippen LogP contribution in [0.5, 0.6) is 0 Å². The van der Waals surface area contributed by atoms with Gasteiger partial charge in [0, 0.05) is 6.42 Å². The van der Waals surface area contributed by atoms with Crippen LogP contribution in [-0.4, -0.2) is 0 Å². The van der Waals surface area contributed by atoms with Crippen molar-refractivity contribution in [2.45, 2.75) is 58.3 Å². The minimum atomic E-state index is 0.970. The molecule has 0 N–H and O–H groups in total. The fourth-order valence-corrected chi connectivity index (χ4v) is 1.32. The monoisotopic (exact) mass is 228 g/mol. The molecule has 0 saturated carbocycles. The van der Waals surface area contributed by atoms with Crippen molar-refractivity contribution in [2.75, 3.05) is 0 Å². The van der Waals surface area contributed by atoms with Crippen LogP contribution in [0.1, 0.15) is 58.3 Å². The van der Waals surface area contributed by atoms with Crippen molar-refractivity contribution in [3.63, 3.8) is 0 Å². The highest BCUT2D eigenvalue weighted by molar-refractivity contribution is 5.30. The number of unbranched alkanes of at least 4 members (excludes halogenated alkanes) is 6. The van der Waals surface area contributed by atoms with Crippen molar-refractivity contribution < 1.29 is 0 Å². The molecule has 17 heavy (non-hydrogen) atoms. The standard InChI is InChI=1S/C17H24/c1-3-5-7-9-11-13-15-17-16-14-12-10-8-6-4-2/h3,15,17H,1,4-9,11,13H2,2H3. The second kappa shape index (κ2) is 14.6. The second-order valence-corrected chi connectivity index (χ2v) is 4.00. The first-order chi connectivity index (χ1) is 8.41. The quantitative estimate of drug-likeness (QED) is 0.316. The summed E-state index contributed by atoms with van der Waals surface area (Å²) in [5.74, 6) is 11.7. The first-order valence-corrected chi connectivity index (χ1v) is 6.66. The molecule has 0 amide bonds. The minimum absolute atomic E-state index is 0.970. The summed E-state index contributed by atoms with van der Waals surface area (Å²) in [6, 6.07) is 0. The van der Waals surface area contributed by atoms with Crippen molar-refractivity contribution in [1.82, 2.24) is 0 Å². The lowest BCUT2D eigenvalue weighted by Crippen LogP contribution is -1.73. The summed E-state index contributed by atoms with van der Waals surface area (Å²) in [6.45, 7) is 5.88. The first kappa shape index (κ1) is 15.6. The predicted octanol–water partition coefficient (Wildman–Crippen LogP) is 4.88. The molecule has 0 atom stereocenters. The summed E-state index contributed by atoms with van der Waals surface area (Å²) < 4.78 is 0. The Labute approximate surface area is 107 Å². The highest BCUT2D eigenvalue weighted by Gasteiger charge is 1.84. The predicted molar refractivity (Wildman–Crippen MR) is 77.5 cm³/mol. The summed E-state index contributed by atoms with van der Waals surface area (Å²) >= 11 is 0. The zero-order valence-corrected chi connectivity index (χ0v) is 11.1. The normalized spacial score (nSPS) is 9.24. The van der Waals surface area contributed by atoms with Crippen molar-refractivity contribution in [3.05, 3.63) is 24.8 Å². The maximum atomic E-state index is 3.71. The summed E-state index contributed by atoms with van der Waals surface area (Å²) in [6.07, 6.45) is 15.4. The third-order valence-corrected chi connectivity index (χ3v) is 2.36. The molecule has 0 aliphatic rings. The van der Waals surface area contributed by atoms with E-state index in [0.717, 1.165) is 19.3 Å². The summed E-state index contributed by atoms with van der Waals surface area (Å²) in [7, 11) is 0. The molecular weight excluding hydrogens is 204 g/mol. The van der Waals surface area contributed by atoms with Crippen LogP contribution in [0.25, 0.3) is 0 Å². The van der Waals surface area contributed by atoms with E-state index in [1.807, 2.05) is 12.2 Å². The van der Waals surface area contributed by atoms with Gasteiger partial charge in [0.25, 0.3) is 0 Å². The molecule has 0 aliphatic carbocycles. The smallest absolute Gasteiger partial charge is 0.00988 e. The molecule has 0 rings (SSSR count). The molecule has 0 fully saturated rings. The lowest BCUT2D eigenvalue weighted by atomic mass is 10.1. The van der Waals surface area contributed by atoms with Gasteiger partial charge in [-0.1, -0.05) is 43.8 Å². The Balaban J connectivity index is 3.42. The molecule has 0 heteroatoms. The summed E-state index contributed by atoms with van der Waals surface area (Å²) in [5.41, 5.74) is 0. The van der Waals surface area contributed by atoms with Crippen LogP contribution in [0, 0.1) is 23.7 Å². The van der Waals surface area contributed by atoms with Gasteiger partial charge in [-0.15, -0.1) is 6.58 Å². The summed E-state index contributed by atoms with van der Waals surface area (Å²) in [5, 5.41) is 0. The van der Waals surface area contributed by atoms with Crippen LogP contribution >= 0.6 is 0 Å². The topological polar surface area (TPSA) is 0 Å². The van der Waals surface area contributed by atoms with Crippen molar-refractivity contribution >= 4 is 0 Å². The van der Waals surface area contributed by atoms with Gasteiger partial charge in [0.1, 0.15) is 0 Å². The third kappa shape index (κ3) is 14.6. The van der Waals surface area contributed by atoms with E-state index in [0.29, 0.717) is 0 Å². The van der Waals surface area contributed by atoms with Gasteiger partial charge in [-0.2, -0.15) is 0 Å². The SMILES string of the molecule is C=CCCCCCC=CC#CC#CCCCC.